The number of rotatable bonds is 3. The summed E-state index contributed by atoms with van der Waals surface area (Å²) in [6.45, 7) is 3.44. The molecule has 6 heteroatoms. The molecule has 18 heavy (non-hydrogen) atoms. The number of aryl methyl sites for hydroxylation is 2. The van der Waals surface area contributed by atoms with Crippen molar-refractivity contribution in [2.75, 3.05) is 0 Å². The van der Waals surface area contributed by atoms with Crippen LogP contribution in [0.15, 0.2) is 17.0 Å². The molecule has 5 nitrogen and oxygen atoms in total. The van der Waals surface area contributed by atoms with Crippen molar-refractivity contribution in [2.24, 2.45) is 5.14 Å². The first-order valence-electron chi connectivity index (χ1n) is 5.74. The quantitative estimate of drug-likeness (QED) is 0.851. The first kappa shape index (κ1) is 13.0. The van der Waals surface area contributed by atoms with Gasteiger partial charge in [-0.3, -0.25) is 4.79 Å². The smallest absolute Gasteiger partial charge is 0.251 e. The molecule has 0 spiro atoms. The fourth-order valence-corrected chi connectivity index (χ4v) is 2.66. The third-order valence-electron chi connectivity index (χ3n) is 2.99. The fraction of sp³-hybridized carbons (Fsp3) is 0.417. The molecule has 1 aromatic carbocycles. The first-order valence-corrected chi connectivity index (χ1v) is 7.28. The molecule has 1 aromatic rings. The number of carbonyl (C=O) groups is 1. The van der Waals surface area contributed by atoms with Crippen LogP contribution in [0.1, 0.15) is 34.3 Å². The molecule has 0 atom stereocenters. The predicted molar refractivity (Wildman–Crippen MR) is 67.8 cm³/mol. The van der Waals surface area contributed by atoms with Crippen LogP contribution in [0.2, 0.25) is 0 Å². The molecule has 1 amide bonds. The lowest BCUT2D eigenvalue weighted by molar-refractivity contribution is 0.0950. The van der Waals surface area contributed by atoms with E-state index in [-0.39, 0.29) is 16.8 Å². The summed E-state index contributed by atoms with van der Waals surface area (Å²) >= 11 is 0. The topological polar surface area (TPSA) is 89.3 Å². The summed E-state index contributed by atoms with van der Waals surface area (Å²) in [5.41, 5.74) is 1.67. The molecule has 0 saturated heterocycles. The minimum atomic E-state index is -3.80. The zero-order valence-corrected chi connectivity index (χ0v) is 11.2. The number of sulfonamides is 1. The summed E-state index contributed by atoms with van der Waals surface area (Å²) in [5, 5.41) is 7.97. The third-order valence-corrected chi connectivity index (χ3v) is 4.04. The van der Waals surface area contributed by atoms with Gasteiger partial charge in [0.2, 0.25) is 10.0 Å². The van der Waals surface area contributed by atoms with Crippen LogP contribution in [0, 0.1) is 13.8 Å². The number of hydrogen-bond acceptors (Lipinski definition) is 3. The molecule has 0 unspecified atom stereocenters. The van der Waals surface area contributed by atoms with Gasteiger partial charge in [-0.15, -0.1) is 0 Å². The highest BCUT2D eigenvalue weighted by atomic mass is 32.2. The summed E-state index contributed by atoms with van der Waals surface area (Å²) < 4.78 is 22.8. The third kappa shape index (κ3) is 2.70. The Morgan fingerprint density at radius 2 is 1.89 bits per heavy atom. The summed E-state index contributed by atoms with van der Waals surface area (Å²) in [4.78, 5) is 12.0. The van der Waals surface area contributed by atoms with E-state index in [9.17, 15) is 13.2 Å². The van der Waals surface area contributed by atoms with Gasteiger partial charge in [0.05, 0.1) is 4.90 Å². The van der Waals surface area contributed by atoms with Crippen LogP contribution in [0.25, 0.3) is 0 Å². The van der Waals surface area contributed by atoms with Crippen molar-refractivity contribution >= 4 is 15.9 Å². The number of hydrogen-bond donors (Lipinski definition) is 2. The molecule has 1 fully saturated rings. The average molecular weight is 268 g/mol. The van der Waals surface area contributed by atoms with E-state index in [4.69, 9.17) is 5.14 Å². The van der Waals surface area contributed by atoms with Crippen molar-refractivity contribution in [1.29, 1.82) is 0 Å². The molecule has 1 saturated carbocycles. The van der Waals surface area contributed by atoms with Crippen molar-refractivity contribution in [1.82, 2.24) is 5.32 Å². The molecule has 2 rings (SSSR count). The van der Waals surface area contributed by atoms with Crippen molar-refractivity contribution < 1.29 is 13.2 Å². The number of amides is 1. The molecule has 0 heterocycles. The van der Waals surface area contributed by atoms with Crippen LogP contribution in [0.3, 0.4) is 0 Å². The maximum absolute atomic E-state index is 12.0. The van der Waals surface area contributed by atoms with Gasteiger partial charge in [0.25, 0.3) is 5.91 Å². The molecule has 98 valence electrons. The highest BCUT2D eigenvalue weighted by Gasteiger charge is 2.25. The maximum atomic E-state index is 12.0. The Kier molecular flexibility index (Phi) is 3.16. The van der Waals surface area contributed by atoms with Gasteiger partial charge in [-0.2, -0.15) is 0 Å². The first-order chi connectivity index (χ1) is 8.29. The van der Waals surface area contributed by atoms with Gasteiger partial charge in [-0.25, -0.2) is 13.6 Å². The van der Waals surface area contributed by atoms with Gasteiger partial charge in [0.1, 0.15) is 0 Å². The van der Waals surface area contributed by atoms with E-state index >= 15 is 0 Å². The predicted octanol–water partition coefficient (Wildman–Crippen LogP) is 0.843. The average Bonchev–Trinajstić information content (AvgIpc) is 2.99. The molecule has 1 aliphatic rings. The number of nitrogens with one attached hydrogen (secondary N) is 1. The Morgan fingerprint density at radius 1 is 1.28 bits per heavy atom. The lowest BCUT2D eigenvalue weighted by atomic mass is 10.1. The summed E-state index contributed by atoms with van der Waals surface area (Å²) in [6.07, 6.45) is 1.97. The van der Waals surface area contributed by atoms with Gasteiger partial charge in [-0.1, -0.05) is 6.07 Å². The van der Waals surface area contributed by atoms with Crippen molar-refractivity contribution in [3.05, 3.63) is 28.8 Å². The number of carbonyl (C=O) groups excluding carboxylic acids is 1. The van der Waals surface area contributed by atoms with Crippen LogP contribution < -0.4 is 10.5 Å². The number of primary sulfonamides is 1. The van der Waals surface area contributed by atoms with E-state index < -0.39 is 10.0 Å². The maximum Gasteiger partial charge on any atom is 0.251 e. The van der Waals surface area contributed by atoms with Crippen molar-refractivity contribution in [3.63, 3.8) is 0 Å². The molecule has 0 aromatic heterocycles. The van der Waals surface area contributed by atoms with Gasteiger partial charge in [-0.05, 0) is 43.9 Å². The second-order valence-corrected chi connectivity index (χ2v) is 6.26. The second kappa shape index (κ2) is 4.37. The Morgan fingerprint density at radius 3 is 2.39 bits per heavy atom. The summed E-state index contributed by atoms with van der Waals surface area (Å²) in [6, 6.07) is 3.26. The van der Waals surface area contributed by atoms with Gasteiger partial charge in [0, 0.05) is 11.6 Å². The Bertz CT molecular complexity index is 604. The molecule has 0 bridgehead atoms. The van der Waals surface area contributed by atoms with Crippen molar-refractivity contribution in [3.8, 4) is 0 Å². The molecule has 3 N–H and O–H groups in total. The zero-order chi connectivity index (χ0) is 13.5. The Balaban J connectivity index is 2.43. The van der Waals surface area contributed by atoms with Crippen LogP contribution in [-0.4, -0.2) is 20.4 Å². The number of benzene rings is 1. The SMILES string of the molecule is Cc1cc(C)c(S(N)(=O)=O)cc1C(=O)NC1CC1. The van der Waals surface area contributed by atoms with Crippen LogP contribution in [-0.2, 0) is 10.0 Å². The fourth-order valence-electron chi connectivity index (χ4n) is 1.87. The van der Waals surface area contributed by atoms with Gasteiger partial charge < -0.3 is 5.32 Å². The standard InChI is InChI=1S/C12H16N2O3S/c1-7-5-8(2)11(18(13,16)17)6-10(7)12(15)14-9-3-4-9/h5-6,9H,3-4H2,1-2H3,(H,14,15)(H2,13,16,17). The second-order valence-electron chi connectivity index (χ2n) is 4.73. The lowest BCUT2D eigenvalue weighted by Gasteiger charge is -2.11. The highest BCUT2D eigenvalue weighted by molar-refractivity contribution is 7.89. The molecular formula is C12H16N2O3S. The Labute approximate surface area is 106 Å². The van der Waals surface area contributed by atoms with Gasteiger partial charge in [0.15, 0.2) is 0 Å². The van der Waals surface area contributed by atoms with E-state index in [1.165, 1.54) is 6.07 Å². The molecule has 0 radical (unpaired) electrons. The molecule has 0 aliphatic heterocycles. The monoisotopic (exact) mass is 268 g/mol. The van der Waals surface area contributed by atoms with E-state index in [1.54, 1.807) is 19.9 Å². The van der Waals surface area contributed by atoms with E-state index in [0.29, 0.717) is 11.1 Å². The van der Waals surface area contributed by atoms with E-state index in [1.807, 2.05) is 0 Å². The Hall–Kier alpha value is -1.40. The zero-order valence-electron chi connectivity index (χ0n) is 10.4. The van der Waals surface area contributed by atoms with E-state index in [0.717, 1.165) is 18.4 Å². The lowest BCUT2D eigenvalue weighted by Crippen LogP contribution is -2.26. The normalized spacial score (nSPS) is 15.5. The van der Waals surface area contributed by atoms with Crippen LogP contribution >= 0.6 is 0 Å². The molecular weight excluding hydrogens is 252 g/mol. The van der Waals surface area contributed by atoms with Gasteiger partial charge >= 0.3 is 0 Å². The van der Waals surface area contributed by atoms with Crippen molar-refractivity contribution in [2.45, 2.75) is 37.6 Å². The highest BCUT2D eigenvalue weighted by Crippen LogP contribution is 2.22. The van der Waals surface area contributed by atoms with E-state index in [2.05, 4.69) is 5.32 Å². The summed E-state index contributed by atoms with van der Waals surface area (Å²) in [7, 11) is -3.80. The van der Waals surface area contributed by atoms with Crippen LogP contribution in [0.4, 0.5) is 0 Å². The minimum Gasteiger partial charge on any atom is -0.349 e. The summed E-state index contributed by atoms with van der Waals surface area (Å²) in [5.74, 6) is -0.236. The van der Waals surface area contributed by atoms with Crippen LogP contribution in [0.5, 0.6) is 0 Å². The number of nitrogens with two attached hydrogens (primary N) is 1. The molecule has 1 aliphatic carbocycles. The largest absolute Gasteiger partial charge is 0.349 e. The minimum absolute atomic E-state index is 0.00838.